The van der Waals surface area contributed by atoms with Crippen molar-refractivity contribution < 1.29 is 9.59 Å². The number of thioether (sulfide) groups is 1. The van der Waals surface area contributed by atoms with E-state index >= 15 is 0 Å². The first-order valence-electron chi connectivity index (χ1n) is 8.08. The number of carbonyl (C=O) groups excluding carboxylic acids is 2. The highest BCUT2D eigenvalue weighted by atomic mass is 32.2. The SMILES string of the molecule is O=C1NC(=O)/C(=C/c2ccnc(NC3CCc4ccccc4C3)n2)S1. The number of hydrogen-bond acceptors (Lipinski definition) is 6. The molecule has 2 N–H and O–H groups in total. The van der Waals surface area contributed by atoms with Crippen LogP contribution in [0.15, 0.2) is 41.4 Å². The smallest absolute Gasteiger partial charge is 0.290 e. The Morgan fingerprint density at radius 3 is 2.84 bits per heavy atom. The van der Waals surface area contributed by atoms with Crippen molar-refractivity contribution >= 4 is 34.9 Å². The Labute approximate surface area is 149 Å². The van der Waals surface area contributed by atoms with Gasteiger partial charge in [0, 0.05) is 12.2 Å². The lowest BCUT2D eigenvalue weighted by Gasteiger charge is -2.25. The monoisotopic (exact) mass is 352 g/mol. The van der Waals surface area contributed by atoms with Gasteiger partial charge in [-0.05, 0) is 54.3 Å². The molecule has 2 aliphatic rings. The summed E-state index contributed by atoms with van der Waals surface area (Å²) in [5.74, 6) is 0.153. The topological polar surface area (TPSA) is 84.0 Å². The Hall–Kier alpha value is -2.67. The number of rotatable bonds is 3. The van der Waals surface area contributed by atoms with Crippen LogP contribution in [0.1, 0.15) is 23.2 Å². The zero-order chi connectivity index (χ0) is 17.2. The lowest BCUT2D eigenvalue weighted by atomic mass is 9.88. The minimum atomic E-state index is -0.382. The quantitative estimate of drug-likeness (QED) is 0.827. The summed E-state index contributed by atoms with van der Waals surface area (Å²) >= 11 is 0.883. The number of amides is 2. The zero-order valence-electron chi connectivity index (χ0n) is 13.4. The molecule has 2 heterocycles. The molecule has 1 aromatic heterocycles. The van der Waals surface area contributed by atoms with Crippen molar-refractivity contribution in [3.8, 4) is 0 Å². The van der Waals surface area contributed by atoms with Gasteiger partial charge in [-0.2, -0.15) is 0 Å². The molecule has 1 aliphatic heterocycles. The van der Waals surface area contributed by atoms with Gasteiger partial charge in [0.15, 0.2) is 0 Å². The Bertz CT molecular complexity index is 881. The largest absolute Gasteiger partial charge is 0.351 e. The minimum Gasteiger partial charge on any atom is -0.351 e. The van der Waals surface area contributed by atoms with Crippen molar-refractivity contribution in [1.29, 1.82) is 0 Å². The third kappa shape index (κ3) is 3.56. The molecule has 1 aliphatic carbocycles. The highest BCUT2D eigenvalue weighted by molar-refractivity contribution is 8.18. The van der Waals surface area contributed by atoms with Crippen LogP contribution in [0.4, 0.5) is 10.7 Å². The Morgan fingerprint density at radius 2 is 2.04 bits per heavy atom. The van der Waals surface area contributed by atoms with E-state index in [2.05, 4.69) is 44.9 Å². The van der Waals surface area contributed by atoms with Crippen LogP contribution in [0.2, 0.25) is 0 Å². The second-order valence-corrected chi connectivity index (χ2v) is 7.02. The third-order valence-electron chi connectivity index (χ3n) is 4.28. The summed E-state index contributed by atoms with van der Waals surface area (Å²) in [4.78, 5) is 31.9. The van der Waals surface area contributed by atoms with E-state index in [1.807, 2.05) is 0 Å². The van der Waals surface area contributed by atoms with Gasteiger partial charge in [0.2, 0.25) is 5.95 Å². The van der Waals surface area contributed by atoms with Crippen molar-refractivity contribution in [3.63, 3.8) is 0 Å². The maximum atomic E-state index is 11.6. The first-order valence-corrected chi connectivity index (χ1v) is 8.90. The van der Waals surface area contributed by atoms with E-state index < -0.39 is 0 Å². The van der Waals surface area contributed by atoms with Crippen molar-refractivity contribution in [2.45, 2.75) is 25.3 Å². The molecule has 1 fully saturated rings. The van der Waals surface area contributed by atoms with Gasteiger partial charge in [-0.3, -0.25) is 14.9 Å². The average molecular weight is 352 g/mol. The predicted octanol–water partition coefficient (Wildman–Crippen LogP) is 2.77. The van der Waals surface area contributed by atoms with Crippen LogP contribution in [-0.2, 0) is 17.6 Å². The van der Waals surface area contributed by atoms with E-state index in [9.17, 15) is 9.59 Å². The molecular weight excluding hydrogens is 336 g/mol. The molecule has 2 amide bonds. The first-order chi connectivity index (χ1) is 12.2. The van der Waals surface area contributed by atoms with E-state index in [-0.39, 0.29) is 17.2 Å². The minimum absolute atomic E-state index is 0.281. The van der Waals surface area contributed by atoms with Gasteiger partial charge in [0.1, 0.15) is 0 Å². The van der Waals surface area contributed by atoms with Crippen LogP contribution >= 0.6 is 11.8 Å². The van der Waals surface area contributed by atoms with Crippen LogP contribution in [0.3, 0.4) is 0 Å². The molecule has 4 rings (SSSR count). The number of imide groups is 1. The fourth-order valence-electron chi connectivity index (χ4n) is 3.08. The number of nitrogens with zero attached hydrogens (tertiary/aromatic N) is 2. The van der Waals surface area contributed by atoms with E-state index in [0.29, 0.717) is 16.5 Å². The second kappa shape index (κ2) is 6.68. The van der Waals surface area contributed by atoms with Gasteiger partial charge in [0.05, 0.1) is 10.6 Å². The first kappa shape index (κ1) is 15.8. The number of anilines is 1. The summed E-state index contributed by atoms with van der Waals surface area (Å²) in [6.45, 7) is 0. The summed E-state index contributed by atoms with van der Waals surface area (Å²) in [7, 11) is 0. The van der Waals surface area contributed by atoms with Crippen molar-refractivity contribution in [1.82, 2.24) is 15.3 Å². The lowest BCUT2D eigenvalue weighted by Crippen LogP contribution is -2.28. The van der Waals surface area contributed by atoms with Gasteiger partial charge >= 0.3 is 0 Å². The number of fused-ring (bicyclic) bond motifs is 1. The number of nitrogens with one attached hydrogen (secondary N) is 2. The van der Waals surface area contributed by atoms with E-state index in [1.165, 1.54) is 11.1 Å². The highest BCUT2D eigenvalue weighted by Gasteiger charge is 2.25. The van der Waals surface area contributed by atoms with Gasteiger partial charge in [0.25, 0.3) is 11.1 Å². The van der Waals surface area contributed by atoms with E-state index in [4.69, 9.17) is 0 Å². The summed E-state index contributed by atoms with van der Waals surface area (Å²) in [5, 5.41) is 5.26. The van der Waals surface area contributed by atoms with Gasteiger partial charge in [-0.15, -0.1) is 0 Å². The Kier molecular flexibility index (Phi) is 4.23. The molecule has 1 atom stereocenters. The van der Waals surface area contributed by atoms with Crippen molar-refractivity contribution in [2.24, 2.45) is 0 Å². The molecule has 0 bridgehead atoms. The summed E-state index contributed by atoms with van der Waals surface area (Å²) < 4.78 is 0. The molecule has 126 valence electrons. The van der Waals surface area contributed by atoms with E-state index in [1.54, 1.807) is 18.3 Å². The number of hydrogen-bond donors (Lipinski definition) is 2. The fourth-order valence-corrected chi connectivity index (χ4v) is 3.75. The number of carbonyl (C=O) groups is 2. The molecule has 7 heteroatoms. The molecule has 25 heavy (non-hydrogen) atoms. The van der Waals surface area contributed by atoms with Crippen LogP contribution < -0.4 is 10.6 Å². The Balaban J connectivity index is 1.48. The maximum Gasteiger partial charge on any atom is 0.290 e. The summed E-state index contributed by atoms with van der Waals surface area (Å²) in [6, 6.07) is 10.5. The fraction of sp³-hybridized carbons (Fsp3) is 0.222. The zero-order valence-corrected chi connectivity index (χ0v) is 14.2. The molecule has 0 saturated carbocycles. The third-order valence-corrected chi connectivity index (χ3v) is 5.09. The normalized spacial score (nSPS) is 21.1. The molecule has 1 saturated heterocycles. The van der Waals surface area contributed by atoms with Crippen LogP contribution in [0.25, 0.3) is 6.08 Å². The molecular formula is C18H16N4O2S. The number of benzene rings is 1. The molecule has 0 spiro atoms. The van der Waals surface area contributed by atoms with Crippen LogP contribution in [0, 0.1) is 0 Å². The predicted molar refractivity (Wildman–Crippen MR) is 97.0 cm³/mol. The molecule has 1 unspecified atom stereocenters. The van der Waals surface area contributed by atoms with Gasteiger partial charge in [-0.25, -0.2) is 9.97 Å². The summed E-state index contributed by atoms with van der Waals surface area (Å²) in [6.07, 6.45) is 6.26. The average Bonchev–Trinajstić information content (AvgIpc) is 2.92. The number of aromatic nitrogens is 2. The molecule has 6 nitrogen and oxygen atoms in total. The molecule has 0 radical (unpaired) electrons. The molecule has 2 aromatic rings. The Morgan fingerprint density at radius 1 is 1.20 bits per heavy atom. The highest BCUT2D eigenvalue weighted by Crippen LogP contribution is 2.26. The van der Waals surface area contributed by atoms with E-state index in [0.717, 1.165) is 31.0 Å². The van der Waals surface area contributed by atoms with Crippen LogP contribution in [-0.4, -0.2) is 27.2 Å². The summed E-state index contributed by atoms with van der Waals surface area (Å²) in [5.41, 5.74) is 3.37. The van der Waals surface area contributed by atoms with Crippen molar-refractivity contribution in [2.75, 3.05) is 5.32 Å². The lowest BCUT2D eigenvalue weighted by molar-refractivity contribution is -0.115. The number of aryl methyl sites for hydroxylation is 1. The van der Waals surface area contributed by atoms with Gasteiger partial charge in [-0.1, -0.05) is 24.3 Å². The van der Waals surface area contributed by atoms with Gasteiger partial charge < -0.3 is 5.32 Å². The molecule has 1 aromatic carbocycles. The maximum absolute atomic E-state index is 11.6. The van der Waals surface area contributed by atoms with Crippen molar-refractivity contribution in [3.05, 3.63) is 58.3 Å². The van der Waals surface area contributed by atoms with Crippen LogP contribution in [0.5, 0.6) is 0 Å². The second-order valence-electron chi connectivity index (χ2n) is 6.01. The standard InChI is InChI=1S/C18H16N4O2S/c23-16-15(25-18(24)22-16)10-14-7-8-19-17(21-14)20-13-6-5-11-3-1-2-4-12(11)9-13/h1-4,7-8,10,13H,5-6,9H2,(H,19,20,21)(H,22,23,24)/b15-10-.